The molecule has 9 heteroatoms. The summed E-state index contributed by atoms with van der Waals surface area (Å²) >= 11 is 0. The number of methoxy groups -OCH3 is 1. The van der Waals surface area contributed by atoms with Gasteiger partial charge in [0.25, 0.3) is 10.0 Å². The molecule has 0 spiro atoms. The molecule has 0 saturated heterocycles. The van der Waals surface area contributed by atoms with Crippen LogP contribution >= 0.6 is 0 Å². The molecule has 2 N–H and O–H groups in total. The molecule has 2 aromatic carbocycles. The van der Waals surface area contributed by atoms with Crippen LogP contribution in [0.15, 0.2) is 53.4 Å². The van der Waals surface area contributed by atoms with Crippen molar-refractivity contribution in [2.24, 2.45) is 0 Å². The van der Waals surface area contributed by atoms with Gasteiger partial charge in [0.1, 0.15) is 0 Å². The SMILES string of the molecule is COC(=O)[C@H](C)OC(=O)c1ccc(NS(=O)(=O)c2ccc([C@@H](C)O)cc2)cc1. The van der Waals surface area contributed by atoms with Gasteiger partial charge in [0.15, 0.2) is 6.10 Å². The maximum atomic E-state index is 12.4. The fraction of sp³-hybridized carbons (Fsp3) is 0.263. The van der Waals surface area contributed by atoms with E-state index in [0.29, 0.717) is 5.56 Å². The monoisotopic (exact) mass is 407 g/mol. The number of ether oxygens (including phenoxy) is 2. The molecule has 2 aromatic rings. The van der Waals surface area contributed by atoms with E-state index in [4.69, 9.17) is 4.74 Å². The molecule has 0 aliphatic rings. The number of aliphatic hydroxyl groups is 1. The van der Waals surface area contributed by atoms with Crippen molar-refractivity contribution in [1.29, 1.82) is 0 Å². The number of aliphatic hydroxyl groups excluding tert-OH is 1. The van der Waals surface area contributed by atoms with Gasteiger partial charge in [-0.1, -0.05) is 12.1 Å². The summed E-state index contributed by atoms with van der Waals surface area (Å²) in [5.74, 6) is -1.42. The number of esters is 2. The van der Waals surface area contributed by atoms with Crippen LogP contribution in [0.5, 0.6) is 0 Å². The second-order valence-electron chi connectivity index (χ2n) is 6.00. The number of rotatable bonds is 7. The van der Waals surface area contributed by atoms with Gasteiger partial charge in [-0.15, -0.1) is 0 Å². The number of hydrogen-bond acceptors (Lipinski definition) is 7. The molecule has 0 bridgehead atoms. The van der Waals surface area contributed by atoms with Crippen molar-refractivity contribution in [3.05, 3.63) is 59.7 Å². The smallest absolute Gasteiger partial charge is 0.346 e. The van der Waals surface area contributed by atoms with Gasteiger partial charge in [0.05, 0.1) is 23.7 Å². The molecular formula is C19H21NO7S. The van der Waals surface area contributed by atoms with Gasteiger partial charge in [-0.25, -0.2) is 18.0 Å². The minimum absolute atomic E-state index is 0.0345. The Hall–Kier alpha value is -2.91. The molecular weight excluding hydrogens is 386 g/mol. The first kappa shape index (κ1) is 21.4. The molecule has 150 valence electrons. The summed E-state index contributed by atoms with van der Waals surface area (Å²) < 4.78 is 36.7. The number of benzene rings is 2. The van der Waals surface area contributed by atoms with Crippen LogP contribution in [0.3, 0.4) is 0 Å². The topological polar surface area (TPSA) is 119 Å². The highest BCUT2D eigenvalue weighted by atomic mass is 32.2. The average Bonchev–Trinajstić information content (AvgIpc) is 2.67. The highest BCUT2D eigenvalue weighted by Crippen LogP contribution is 2.20. The molecule has 0 aliphatic heterocycles. The van der Waals surface area contributed by atoms with E-state index in [0.717, 1.165) is 0 Å². The van der Waals surface area contributed by atoms with Crippen LogP contribution < -0.4 is 4.72 Å². The third-order valence-electron chi connectivity index (χ3n) is 3.86. The number of carbonyl (C=O) groups excluding carboxylic acids is 2. The Kier molecular flexibility index (Phi) is 6.76. The van der Waals surface area contributed by atoms with Gasteiger partial charge in [-0.05, 0) is 55.8 Å². The standard InChI is InChI=1S/C19H21NO7S/c1-12(21)14-6-10-17(11-7-14)28(24,25)20-16-8-4-15(5-9-16)19(23)27-13(2)18(22)26-3/h4-13,20-21H,1-3H3/t12-,13+/m1/s1. The number of carbonyl (C=O) groups is 2. The lowest BCUT2D eigenvalue weighted by Crippen LogP contribution is -2.25. The van der Waals surface area contributed by atoms with E-state index >= 15 is 0 Å². The molecule has 0 aromatic heterocycles. The number of sulfonamides is 1. The second kappa shape index (κ2) is 8.85. The molecule has 0 heterocycles. The van der Waals surface area contributed by atoms with Crippen LogP contribution in [0.2, 0.25) is 0 Å². The van der Waals surface area contributed by atoms with Crippen molar-refractivity contribution in [2.75, 3.05) is 11.8 Å². The zero-order valence-electron chi connectivity index (χ0n) is 15.6. The zero-order chi connectivity index (χ0) is 20.9. The zero-order valence-corrected chi connectivity index (χ0v) is 16.4. The van der Waals surface area contributed by atoms with Gasteiger partial charge in [0.2, 0.25) is 0 Å². The minimum atomic E-state index is -3.83. The maximum Gasteiger partial charge on any atom is 0.346 e. The Morgan fingerprint density at radius 2 is 1.57 bits per heavy atom. The molecule has 0 amide bonds. The largest absolute Gasteiger partial charge is 0.466 e. The van der Waals surface area contributed by atoms with Crippen LogP contribution in [0.4, 0.5) is 5.69 Å². The lowest BCUT2D eigenvalue weighted by atomic mass is 10.1. The first-order valence-electron chi connectivity index (χ1n) is 8.34. The maximum absolute atomic E-state index is 12.4. The Bertz CT molecular complexity index is 935. The normalized spacial score (nSPS) is 13.3. The van der Waals surface area contributed by atoms with Crippen LogP contribution in [0, 0.1) is 0 Å². The number of anilines is 1. The van der Waals surface area contributed by atoms with E-state index in [1.165, 1.54) is 62.6 Å². The molecule has 0 radical (unpaired) electrons. The predicted molar refractivity (Wildman–Crippen MR) is 101 cm³/mol. The molecule has 2 atom stereocenters. The van der Waals surface area contributed by atoms with Crippen molar-refractivity contribution in [3.8, 4) is 0 Å². The van der Waals surface area contributed by atoms with E-state index < -0.39 is 34.2 Å². The molecule has 0 unspecified atom stereocenters. The fourth-order valence-electron chi connectivity index (χ4n) is 2.26. The second-order valence-corrected chi connectivity index (χ2v) is 7.68. The Morgan fingerprint density at radius 1 is 1.00 bits per heavy atom. The number of nitrogens with one attached hydrogen (secondary N) is 1. The van der Waals surface area contributed by atoms with Crippen LogP contribution in [0.1, 0.15) is 35.9 Å². The number of hydrogen-bond donors (Lipinski definition) is 2. The quantitative estimate of drug-likeness (QED) is 0.676. The van der Waals surface area contributed by atoms with Crippen molar-refractivity contribution < 1.29 is 32.6 Å². The van der Waals surface area contributed by atoms with Crippen molar-refractivity contribution >= 4 is 27.6 Å². The summed E-state index contributed by atoms with van der Waals surface area (Å²) in [6, 6.07) is 11.4. The molecule has 0 fully saturated rings. The van der Waals surface area contributed by atoms with Gasteiger partial charge < -0.3 is 14.6 Å². The summed E-state index contributed by atoms with van der Waals surface area (Å²) in [6.45, 7) is 2.97. The van der Waals surface area contributed by atoms with Crippen LogP contribution in [-0.4, -0.2) is 38.7 Å². The lowest BCUT2D eigenvalue weighted by molar-refractivity contribution is -0.149. The summed E-state index contributed by atoms with van der Waals surface area (Å²) in [6.07, 6.45) is -1.75. The van der Waals surface area contributed by atoms with Gasteiger partial charge in [-0.2, -0.15) is 0 Å². The Morgan fingerprint density at radius 3 is 2.07 bits per heavy atom. The molecule has 28 heavy (non-hydrogen) atoms. The molecule has 0 saturated carbocycles. The van der Waals surface area contributed by atoms with E-state index in [-0.39, 0.29) is 16.1 Å². The van der Waals surface area contributed by atoms with Crippen molar-refractivity contribution in [3.63, 3.8) is 0 Å². The first-order chi connectivity index (χ1) is 13.1. The summed E-state index contributed by atoms with van der Waals surface area (Å²) in [4.78, 5) is 23.3. The van der Waals surface area contributed by atoms with E-state index in [1.54, 1.807) is 6.92 Å². The molecule has 8 nitrogen and oxygen atoms in total. The van der Waals surface area contributed by atoms with Gasteiger partial charge in [-0.3, -0.25) is 4.72 Å². The van der Waals surface area contributed by atoms with Crippen molar-refractivity contribution in [2.45, 2.75) is 31.0 Å². The Balaban J connectivity index is 2.08. The van der Waals surface area contributed by atoms with E-state index in [1.807, 2.05) is 0 Å². The first-order valence-corrected chi connectivity index (χ1v) is 9.82. The van der Waals surface area contributed by atoms with Crippen molar-refractivity contribution in [1.82, 2.24) is 0 Å². The highest BCUT2D eigenvalue weighted by molar-refractivity contribution is 7.92. The fourth-order valence-corrected chi connectivity index (χ4v) is 3.32. The van der Waals surface area contributed by atoms with Gasteiger partial charge >= 0.3 is 11.9 Å². The lowest BCUT2D eigenvalue weighted by Gasteiger charge is -2.12. The summed E-state index contributed by atoms with van der Waals surface area (Å²) in [5, 5.41) is 9.49. The van der Waals surface area contributed by atoms with Gasteiger partial charge in [0, 0.05) is 5.69 Å². The third-order valence-corrected chi connectivity index (χ3v) is 5.26. The van der Waals surface area contributed by atoms with Crippen LogP contribution in [-0.2, 0) is 24.3 Å². The highest BCUT2D eigenvalue weighted by Gasteiger charge is 2.20. The van der Waals surface area contributed by atoms with Crippen LogP contribution in [0.25, 0.3) is 0 Å². The minimum Gasteiger partial charge on any atom is -0.466 e. The summed E-state index contributed by atoms with van der Waals surface area (Å²) in [5.41, 5.74) is 1.00. The predicted octanol–water partition coefficient (Wildman–Crippen LogP) is 2.26. The molecule has 2 rings (SSSR count). The average molecular weight is 407 g/mol. The van der Waals surface area contributed by atoms with E-state index in [9.17, 15) is 23.1 Å². The molecule has 0 aliphatic carbocycles. The third kappa shape index (κ3) is 5.30. The van der Waals surface area contributed by atoms with E-state index in [2.05, 4.69) is 9.46 Å². The summed E-state index contributed by atoms with van der Waals surface area (Å²) in [7, 11) is -2.65. The Labute approximate surface area is 163 Å².